The third-order valence-corrected chi connectivity index (χ3v) is 8.66. The van der Waals surface area contributed by atoms with Gasteiger partial charge in [-0.2, -0.15) is 0 Å². The zero-order chi connectivity index (χ0) is 42.5. The molecule has 0 radical (unpaired) electrons. The second-order valence-corrected chi connectivity index (χ2v) is 12.9. The summed E-state index contributed by atoms with van der Waals surface area (Å²) in [7, 11) is 0. The van der Waals surface area contributed by atoms with E-state index in [2.05, 4.69) is 9.47 Å². The van der Waals surface area contributed by atoms with E-state index < -0.39 is 64.8 Å². The molecule has 0 unspecified atom stereocenters. The Morgan fingerprint density at radius 1 is 0.621 bits per heavy atom. The Bertz CT molecular complexity index is 2260. The minimum atomic E-state index is -5.10. The Hall–Kier alpha value is -5.87. The number of carbonyl (C=O) groups excluding carboxylic acids is 2. The fraction of sp³-hybridized carbons (Fsp3) is 0.268. The Morgan fingerprint density at radius 3 is 1.60 bits per heavy atom. The molecule has 308 valence electrons. The Balaban J connectivity index is 0.000000221. The number of hydrogen-bond acceptors (Lipinski definition) is 6. The topological polar surface area (TPSA) is 71.1 Å². The highest BCUT2D eigenvalue weighted by atomic mass is 19.4. The van der Waals surface area contributed by atoms with Crippen LogP contribution in [0.15, 0.2) is 66.1 Å². The molecule has 0 atom stereocenters. The van der Waals surface area contributed by atoms with Crippen LogP contribution in [0.1, 0.15) is 68.2 Å². The van der Waals surface area contributed by atoms with Gasteiger partial charge in [0.1, 0.15) is 40.5 Å². The summed E-state index contributed by atoms with van der Waals surface area (Å²) in [5.74, 6) is -7.01. The first kappa shape index (κ1) is 43.3. The molecule has 2 aliphatic carbocycles. The van der Waals surface area contributed by atoms with E-state index in [1.54, 1.807) is 0 Å². The van der Waals surface area contributed by atoms with Gasteiger partial charge in [-0.1, -0.05) is 31.5 Å². The molecule has 4 aromatic carbocycles. The maximum absolute atomic E-state index is 15.0. The molecular weight excluding hydrogens is 797 g/mol. The molecule has 0 saturated heterocycles. The lowest BCUT2D eigenvalue weighted by Gasteiger charge is -2.19. The lowest BCUT2D eigenvalue weighted by atomic mass is 9.91. The number of halogens is 11. The molecule has 0 amide bonds. The summed E-state index contributed by atoms with van der Waals surface area (Å²) < 4.78 is 164. The third-order valence-electron chi connectivity index (χ3n) is 8.66. The van der Waals surface area contributed by atoms with Gasteiger partial charge < -0.3 is 18.9 Å². The van der Waals surface area contributed by atoms with Gasteiger partial charge in [0, 0.05) is 26.2 Å². The van der Waals surface area contributed by atoms with E-state index in [9.17, 15) is 53.5 Å². The van der Waals surface area contributed by atoms with E-state index >= 15 is 4.39 Å². The van der Waals surface area contributed by atoms with Crippen molar-refractivity contribution < 1.29 is 76.8 Å². The quantitative estimate of drug-likeness (QED) is 0.124. The maximum atomic E-state index is 15.0. The van der Waals surface area contributed by atoms with E-state index in [0.717, 1.165) is 48.9 Å². The number of ether oxygens (including phenoxy) is 4. The Labute approximate surface area is 323 Å². The molecule has 0 spiro atoms. The highest BCUT2D eigenvalue weighted by Crippen LogP contribution is 2.38. The molecule has 0 aromatic heterocycles. The van der Waals surface area contributed by atoms with Crippen LogP contribution < -0.4 is 9.47 Å². The van der Waals surface area contributed by atoms with Gasteiger partial charge in [-0.25, -0.2) is 22.0 Å². The van der Waals surface area contributed by atoms with Gasteiger partial charge >= 0.3 is 24.7 Å². The van der Waals surface area contributed by atoms with Gasteiger partial charge in [0.2, 0.25) is 0 Å². The first-order chi connectivity index (χ1) is 27.2. The van der Waals surface area contributed by atoms with Crippen LogP contribution in [-0.4, -0.2) is 24.7 Å². The zero-order valence-corrected chi connectivity index (χ0v) is 30.4. The van der Waals surface area contributed by atoms with Gasteiger partial charge in [0.15, 0.2) is 11.6 Å². The molecule has 6 nitrogen and oxygen atoms in total. The van der Waals surface area contributed by atoms with Gasteiger partial charge in [0.25, 0.3) is 0 Å². The fourth-order valence-electron chi connectivity index (χ4n) is 6.19. The number of fused-ring (bicyclic) bond motifs is 2. The summed E-state index contributed by atoms with van der Waals surface area (Å²) in [6, 6.07) is 8.59. The maximum Gasteiger partial charge on any atom is 0.573 e. The average Bonchev–Trinajstić information content (AvgIpc) is 3.11. The Kier molecular flexibility index (Phi) is 13.2. The monoisotopic (exact) mass is 828 g/mol. The molecule has 0 bridgehead atoms. The van der Waals surface area contributed by atoms with Crippen molar-refractivity contribution in [1.29, 1.82) is 0 Å². The number of unbranched alkanes of at least 4 members (excludes halogenated alkanes) is 1. The normalized spacial score (nSPS) is 13.5. The minimum absolute atomic E-state index is 0.0862. The standard InChI is InChI=1S/C22H19F5O3.C19H12F6O3/c1-2-3-4-19(28)29-16-9-10-17-14(11-16)12-18(23)20(21(17)24)13-5-7-15(8-6-13)30-22(25,26)27;1-9(26)27-12-3-4-13-11(6-12)8-15(21)17(18(13)22)10-2-5-16(14(20)7-10)28-19(23,24)25/h5-8,11-12H,2-4,9-10H2,1H3;2,5-8H,3-4H2,1H3. The average molecular weight is 829 g/mol. The van der Waals surface area contributed by atoms with Gasteiger partial charge in [-0.15, -0.1) is 26.3 Å². The molecule has 58 heavy (non-hydrogen) atoms. The molecule has 0 N–H and O–H groups in total. The second-order valence-electron chi connectivity index (χ2n) is 12.9. The van der Waals surface area contributed by atoms with Crippen LogP contribution in [0.25, 0.3) is 34.4 Å². The molecular formula is C41H31F11O6. The summed E-state index contributed by atoms with van der Waals surface area (Å²) in [6.45, 7) is 3.14. The molecule has 0 heterocycles. The zero-order valence-electron chi connectivity index (χ0n) is 30.4. The number of carbonyl (C=O) groups is 2. The third kappa shape index (κ3) is 10.9. The number of rotatable bonds is 9. The predicted octanol–water partition coefficient (Wildman–Crippen LogP) is 12.1. The minimum Gasteiger partial charge on any atom is -0.431 e. The number of benzene rings is 4. The highest BCUT2D eigenvalue weighted by Gasteiger charge is 2.33. The summed E-state index contributed by atoms with van der Waals surface area (Å²) in [4.78, 5) is 22.8. The van der Waals surface area contributed by atoms with Crippen LogP contribution in [-0.2, 0) is 31.9 Å². The summed E-state index contributed by atoms with van der Waals surface area (Å²) in [6.07, 6.45) is -4.58. The molecule has 2 aliphatic rings. The van der Waals surface area contributed by atoms with Crippen molar-refractivity contribution in [2.75, 3.05) is 0 Å². The van der Waals surface area contributed by atoms with Crippen LogP contribution >= 0.6 is 0 Å². The highest BCUT2D eigenvalue weighted by molar-refractivity contribution is 5.75. The van der Waals surface area contributed by atoms with Gasteiger partial charge in [-0.3, -0.25) is 9.59 Å². The smallest absolute Gasteiger partial charge is 0.431 e. The van der Waals surface area contributed by atoms with E-state index in [-0.39, 0.29) is 82.8 Å². The van der Waals surface area contributed by atoms with Crippen molar-refractivity contribution in [2.45, 2.75) is 71.5 Å². The molecule has 6 rings (SSSR count). The van der Waals surface area contributed by atoms with Crippen LogP contribution in [0, 0.1) is 29.1 Å². The van der Waals surface area contributed by atoms with Crippen LogP contribution in [0.5, 0.6) is 11.5 Å². The van der Waals surface area contributed by atoms with Crippen molar-refractivity contribution in [3.05, 3.63) is 117 Å². The Morgan fingerprint density at radius 2 is 1.12 bits per heavy atom. The van der Waals surface area contributed by atoms with Crippen molar-refractivity contribution in [1.82, 2.24) is 0 Å². The van der Waals surface area contributed by atoms with Crippen molar-refractivity contribution in [3.8, 4) is 33.8 Å². The van der Waals surface area contributed by atoms with Crippen molar-refractivity contribution in [2.24, 2.45) is 0 Å². The lowest BCUT2D eigenvalue weighted by Crippen LogP contribution is -2.18. The molecule has 0 saturated carbocycles. The summed E-state index contributed by atoms with van der Waals surface area (Å²) in [5, 5.41) is 0. The predicted molar refractivity (Wildman–Crippen MR) is 187 cm³/mol. The second kappa shape index (κ2) is 17.7. The number of alkyl halides is 6. The summed E-state index contributed by atoms with van der Waals surface area (Å²) >= 11 is 0. The van der Waals surface area contributed by atoms with Crippen LogP contribution in [0.3, 0.4) is 0 Å². The van der Waals surface area contributed by atoms with E-state index in [1.165, 1.54) is 19.1 Å². The van der Waals surface area contributed by atoms with Gasteiger partial charge in [-0.05, 0) is 101 Å². The SMILES string of the molecule is CC(=O)OC1=Cc2cc(F)c(-c3ccc(OC(F)(F)F)c(F)c3)c(F)c2CC1.CCCCC(=O)OC1=Cc2cc(F)c(-c3ccc(OC(F)(F)F)cc3)c(F)c2CC1. The van der Waals surface area contributed by atoms with Crippen molar-refractivity contribution >= 4 is 24.1 Å². The van der Waals surface area contributed by atoms with Crippen LogP contribution in [0.2, 0.25) is 0 Å². The summed E-state index contributed by atoms with van der Waals surface area (Å²) in [5.41, 5.74) is -0.264. The first-order valence-electron chi connectivity index (χ1n) is 17.5. The van der Waals surface area contributed by atoms with Crippen LogP contribution in [0.4, 0.5) is 48.3 Å². The van der Waals surface area contributed by atoms with E-state index in [0.29, 0.717) is 24.3 Å². The number of esters is 2. The molecule has 4 aromatic rings. The van der Waals surface area contributed by atoms with E-state index in [4.69, 9.17) is 9.47 Å². The van der Waals surface area contributed by atoms with Crippen molar-refractivity contribution in [3.63, 3.8) is 0 Å². The molecule has 0 aliphatic heterocycles. The lowest BCUT2D eigenvalue weighted by molar-refractivity contribution is -0.276. The number of hydrogen-bond donors (Lipinski definition) is 0. The number of allylic oxidation sites excluding steroid dienone is 2. The molecule has 17 heteroatoms. The largest absolute Gasteiger partial charge is 0.573 e. The first-order valence-corrected chi connectivity index (χ1v) is 17.5. The van der Waals surface area contributed by atoms with Gasteiger partial charge in [0.05, 0.1) is 11.1 Å². The van der Waals surface area contributed by atoms with E-state index in [1.807, 2.05) is 6.92 Å². The molecule has 0 fully saturated rings. The fourth-order valence-corrected chi connectivity index (χ4v) is 6.19.